The number of ether oxygens (including phenoxy) is 1. The highest BCUT2D eigenvalue weighted by Gasteiger charge is 2.21. The van der Waals surface area contributed by atoms with Gasteiger partial charge in [-0.1, -0.05) is 23.4 Å². The van der Waals surface area contributed by atoms with Gasteiger partial charge in [-0.3, -0.25) is 0 Å². The SMILES string of the molecule is CN1CCOC(CN(CCC(N)=NO)c2ccccc2)C1. The summed E-state index contributed by atoms with van der Waals surface area (Å²) in [5, 5.41) is 11.7. The zero-order chi connectivity index (χ0) is 15.1. The first-order chi connectivity index (χ1) is 10.2. The van der Waals surface area contributed by atoms with Crippen LogP contribution in [-0.4, -0.2) is 61.9 Å². The molecule has 1 unspecified atom stereocenters. The van der Waals surface area contributed by atoms with Crippen molar-refractivity contribution in [2.45, 2.75) is 12.5 Å². The Bertz CT molecular complexity index is 452. The van der Waals surface area contributed by atoms with E-state index in [1.165, 1.54) is 0 Å². The Morgan fingerprint density at radius 1 is 1.48 bits per heavy atom. The minimum atomic E-state index is 0.177. The van der Waals surface area contributed by atoms with Crippen LogP contribution in [0.4, 0.5) is 5.69 Å². The summed E-state index contributed by atoms with van der Waals surface area (Å²) in [4.78, 5) is 4.50. The van der Waals surface area contributed by atoms with E-state index >= 15 is 0 Å². The first kappa shape index (κ1) is 15.6. The van der Waals surface area contributed by atoms with Crippen molar-refractivity contribution in [3.8, 4) is 0 Å². The van der Waals surface area contributed by atoms with Gasteiger partial charge >= 0.3 is 0 Å². The fourth-order valence-corrected chi connectivity index (χ4v) is 2.49. The maximum Gasteiger partial charge on any atom is 0.140 e. The van der Waals surface area contributed by atoms with E-state index in [1.807, 2.05) is 18.2 Å². The lowest BCUT2D eigenvalue weighted by Crippen LogP contribution is -2.46. The van der Waals surface area contributed by atoms with Gasteiger partial charge in [0.1, 0.15) is 5.84 Å². The van der Waals surface area contributed by atoms with Crippen LogP contribution in [0.2, 0.25) is 0 Å². The van der Waals surface area contributed by atoms with Crippen molar-refractivity contribution in [3.63, 3.8) is 0 Å². The predicted molar refractivity (Wildman–Crippen MR) is 83.9 cm³/mol. The summed E-state index contributed by atoms with van der Waals surface area (Å²) in [6.45, 7) is 4.17. The van der Waals surface area contributed by atoms with Crippen molar-refractivity contribution in [3.05, 3.63) is 30.3 Å². The average molecular weight is 292 g/mol. The lowest BCUT2D eigenvalue weighted by atomic mass is 10.2. The van der Waals surface area contributed by atoms with Gasteiger partial charge in [0.15, 0.2) is 0 Å². The molecule has 116 valence electrons. The molecule has 0 amide bonds. The number of likely N-dealkylation sites (N-methyl/N-ethyl adjacent to an activating group) is 1. The summed E-state index contributed by atoms with van der Waals surface area (Å²) in [6, 6.07) is 10.2. The van der Waals surface area contributed by atoms with Gasteiger partial charge in [-0.25, -0.2) is 0 Å². The number of oxime groups is 1. The zero-order valence-electron chi connectivity index (χ0n) is 12.5. The molecule has 21 heavy (non-hydrogen) atoms. The van der Waals surface area contributed by atoms with Gasteiger partial charge in [-0.05, 0) is 19.2 Å². The maximum absolute atomic E-state index is 8.69. The topological polar surface area (TPSA) is 74.3 Å². The lowest BCUT2D eigenvalue weighted by Gasteiger charge is -2.35. The molecule has 1 heterocycles. The molecule has 6 heteroatoms. The second-order valence-corrected chi connectivity index (χ2v) is 5.38. The number of nitrogens with zero attached hydrogens (tertiary/aromatic N) is 3. The first-order valence-corrected chi connectivity index (χ1v) is 7.25. The summed E-state index contributed by atoms with van der Waals surface area (Å²) in [5.41, 5.74) is 6.71. The average Bonchev–Trinajstić information content (AvgIpc) is 2.52. The molecular weight excluding hydrogens is 268 g/mol. The number of hydrogen-bond acceptors (Lipinski definition) is 5. The van der Waals surface area contributed by atoms with E-state index in [9.17, 15) is 0 Å². The highest BCUT2D eigenvalue weighted by molar-refractivity contribution is 5.80. The highest BCUT2D eigenvalue weighted by Crippen LogP contribution is 2.16. The molecule has 0 aromatic heterocycles. The Hall–Kier alpha value is -1.79. The van der Waals surface area contributed by atoms with Crippen molar-refractivity contribution >= 4 is 11.5 Å². The normalized spacial score (nSPS) is 20.4. The van der Waals surface area contributed by atoms with E-state index in [-0.39, 0.29) is 11.9 Å². The van der Waals surface area contributed by atoms with Crippen LogP contribution in [0.5, 0.6) is 0 Å². The fraction of sp³-hybridized carbons (Fsp3) is 0.533. The number of anilines is 1. The van der Waals surface area contributed by atoms with E-state index in [4.69, 9.17) is 15.7 Å². The molecule has 1 atom stereocenters. The Kier molecular flexibility index (Phi) is 5.83. The van der Waals surface area contributed by atoms with E-state index in [1.54, 1.807) is 0 Å². The van der Waals surface area contributed by atoms with Crippen LogP contribution in [0, 0.1) is 0 Å². The third kappa shape index (κ3) is 4.91. The van der Waals surface area contributed by atoms with Gasteiger partial charge < -0.3 is 25.5 Å². The van der Waals surface area contributed by atoms with Gasteiger partial charge in [0.25, 0.3) is 0 Å². The first-order valence-electron chi connectivity index (χ1n) is 7.25. The Morgan fingerprint density at radius 2 is 2.24 bits per heavy atom. The summed E-state index contributed by atoms with van der Waals surface area (Å²) in [5.74, 6) is 0.248. The van der Waals surface area contributed by atoms with Crippen molar-refractivity contribution in [1.29, 1.82) is 0 Å². The smallest absolute Gasteiger partial charge is 0.140 e. The van der Waals surface area contributed by atoms with Crippen LogP contribution in [-0.2, 0) is 4.74 Å². The van der Waals surface area contributed by atoms with E-state index < -0.39 is 0 Å². The molecule has 2 rings (SSSR count). The van der Waals surface area contributed by atoms with Crippen molar-refractivity contribution in [2.24, 2.45) is 10.9 Å². The van der Waals surface area contributed by atoms with Crippen molar-refractivity contribution in [1.82, 2.24) is 4.90 Å². The van der Waals surface area contributed by atoms with Gasteiger partial charge in [0.05, 0.1) is 12.7 Å². The minimum absolute atomic E-state index is 0.177. The van der Waals surface area contributed by atoms with E-state index in [0.717, 1.165) is 31.9 Å². The third-order valence-electron chi connectivity index (χ3n) is 3.65. The van der Waals surface area contributed by atoms with Gasteiger partial charge in [-0.2, -0.15) is 0 Å². The Labute approximate surface area is 125 Å². The van der Waals surface area contributed by atoms with Crippen LogP contribution in [0.25, 0.3) is 0 Å². The third-order valence-corrected chi connectivity index (χ3v) is 3.65. The molecule has 1 fully saturated rings. The zero-order valence-corrected chi connectivity index (χ0v) is 12.5. The molecule has 6 nitrogen and oxygen atoms in total. The van der Waals surface area contributed by atoms with Gasteiger partial charge in [0.2, 0.25) is 0 Å². The summed E-state index contributed by atoms with van der Waals surface area (Å²) < 4.78 is 5.84. The fourth-order valence-electron chi connectivity index (χ4n) is 2.49. The Balaban J connectivity index is 2.01. The predicted octanol–water partition coefficient (Wildman–Crippen LogP) is 0.960. The summed E-state index contributed by atoms with van der Waals surface area (Å²) >= 11 is 0. The molecule has 0 radical (unpaired) electrons. The minimum Gasteiger partial charge on any atom is -0.409 e. The number of rotatable bonds is 6. The maximum atomic E-state index is 8.69. The van der Waals surface area contributed by atoms with Crippen LogP contribution in [0.15, 0.2) is 35.5 Å². The van der Waals surface area contributed by atoms with E-state index in [0.29, 0.717) is 13.0 Å². The molecule has 0 saturated carbocycles. The molecule has 3 N–H and O–H groups in total. The van der Waals surface area contributed by atoms with Gasteiger partial charge in [0, 0.05) is 38.3 Å². The molecule has 1 aliphatic rings. The molecule has 1 saturated heterocycles. The van der Waals surface area contributed by atoms with Crippen molar-refractivity contribution < 1.29 is 9.94 Å². The van der Waals surface area contributed by atoms with E-state index in [2.05, 4.69) is 34.1 Å². The highest BCUT2D eigenvalue weighted by atomic mass is 16.5. The Morgan fingerprint density at radius 3 is 2.90 bits per heavy atom. The van der Waals surface area contributed by atoms with Crippen LogP contribution in [0.1, 0.15) is 6.42 Å². The number of nitrogens with two attached hydrogens (primary N) is 1. The number of morpholine rings is 1. The largest absolute Gasteiger partial charge is 0.409 e. The number of hydrogen-bond donors (Lipinski definition) is 2. The van der Waals surface area contributed by atoms with Crippen LogP contribution >= 0.6 is 0 Å². The monoisotopic (exact) mass is 292 g/mol. The van der Waals surface area contributed by atoms with Crippen LogP contribution < -0.4 is 10.6 Å². The van der Waals surface area contributed by atoms with Gasteiger partial charge in [-0.15, -0.1) is 0 Å². The molecule has 0 bridgehead atoms. The quantitative estimate of drug-likeness (QED) is 0.353. The second kappa shape index (κ2) is 7.85. The molecule has 0 spiro atoms. The number of para-hydroxylation sites is 1. The molecule has 1 aromatic carbocycles. The molecule has 1 aliphatic heterocycles. The van der Waals surface area contributed by atoms with Crippen LogP contribution in [0.3, 0.4) is 0 Å². The molecular formula is C15H24N4O2. The number of amidine groups is 1. The standard InChI is InChI=1S/C15H24N4O2/c1-18-9-10-21-14(11-18)12-19(8-7-15(16)17-20)13-5-3-2-4-6-13/h2-6,14,20H,7-12H2,1H3,(H2,16,17). The molecule has 0 aliphatic carbocycles. The second-order valence-electron chi connectivity index (χ2n) is 5.38. The van der Waals surface area contributed by atoms with Crippen molar-refractivity contribution in [2.75, 3.05) is 44.7 Å². The summed E-state index contributed by atoms with van der Waals surface area (Å²) in [6.07, 6.45) is 0.699. The summed E-state index contributed by atoms with van der Waals surface area (Å²) in [7, 11) is 2.11. The number of benzene rings is 1. The molecule has 1 aromatic rings. The lowest BCUT2D eigenvalue weighted by molar-refractivity contribution is -0.0147.